The number of rotatable bonds is 4. The first-order valence-corrected chi connectivity index (χ1v) is 7.89. The number of halogens is 2. The van der Waals surface area contributed by atoms with Gasteiger partial charge in [0, 0.05) is 21.8 Å². The van der Waals surface area contributed by atoms with E-state index in [9.17, 15) is 0 Å². The van der Waals surface area contributed by atoms with Crippen LogP contribution in [0.2, 0.25) is 10.0 Å². The SMILES string of the molecule is CCNCc1sc2c(Cl)ccc(Cl)c2c1C1CC1. The summed E-state index contributed by atoms with van der Waals surface area (Å²) in [6.45, 7) is 4.04. The summed E-state index contributed by atoms with van der Waals surface area (Å²) < 4.78 is 1.15. The van der Waals surface area contributed by atoms with Gasteiger partial charge in [-0.15, -0.1) is 11.3 Å². The molecule has 1 aliphatic carbocycles. The van der Waals surface area contributed by atoms with Crippen molar-refractivity contribution in [3.8, 4) is 0 Å². The van der Waals surface area contributed by atoms with Crippen LogP contribution in [0.3, 0.4) is 0 Å². The second kappa shape index (κ2) is 5.01. The Kier molecular flexibility index (Phi) is 3.55. The van der Waals surface area contributed by atoms with Crippen LogP contribution in [0.5, 0.6) is 0 Å². The van der Waals surface area contributed by atoms with Gasteiger partial charge >= 0.3 is 0 Å². The molecule has 1 saturated carbocycles. The predicted molar refractivity (Wildman–Crippen MR) is 81.2 cm³/mol. The average molecular weight is 300 g/mol. The van der Waals surface area contributed by atoms with Gasteiger partial charge in [0.1, 0.15) is 0 Å². The van der Waals surface area contributed by atoms with Crippen molar-refractivity contribution in [2.24, 2.45) is 0 Å². The fraction of sp³-hybridized carbons (Fsp3) is 0.429. The molecule has 0 aliphatic heterocycles. The third-order valence-corrected chi connectivity index (χ3v) is 5.36. The zero-order valence-electron chi connectivity index (χ0n) is 10.2. The van der Waals surface area contributed by atoms with Crippen molar-refractivity contribution >= 4 is 44.6 Å². The summed E-state index contributed by atoms with van der Waals surface area (Å²) in [5.74, 6) is 0.698. The normalized spacial score (nSPS) is 15.5. The van der Waals surface area contributed by atoms with Crippen molar-refractivity contribution in [3.63, 3.8) is 0 Å². The van der Waals surface area contributed by atoms with Crippen LogP contribution in [-0.2, 0) is 6.54 Å². The van der Waals surface area contributed by atoms with Crippen molar-refractivity contribution in [1.82, 2.24) is 5.32 Å². The minimum Gasteiger partial charge on any atom is -0.312 e. The summed E-state index contributed by atoms with van der Waals surface area (Å²) in [4.78, 5) is 1.41. The molecule has 1 aromatic carbocycles. The van der Waals surface area contributed by atoms with Crippen molar-refractivity contribution in [3.05, 3.63) is 32.6 Å². The molecule has 1 aliphatic rings. The molecule has 18 heavy (non-hydrogen) atoms. The number of fused-ring (bicyclic) bond motifs is 1. The van der Waals surface area contributed by atoms with E-state index >= 15 is 0 Å². The number of benzene rings is 1. The van der Waals surface area contributed by atoms with Gasteiger partial charge in [0.15, 0.2) is 0 Å². The van der Waals surface area contributed by atoms with Crippen molar-refractivity contribution in [1.29, 1.82) is 0 Å². The highest BCUT2D eigenvalue weighted by molar-refractivity contribution is 7.20. The van der Waals surface area contributed by atoms with Crippen molar-refractivity contribution < 1.29 is 0 Å². The van der Waals surface area contributed by atoms with Gasteiger partial charge in [-0.25, -0.2) is 0 Å². The van der Waals surface area contributed by atoms with E-state index in [-0.39, 0.29) is 0 Å². The van der Waals surface area contributed by atoms with Crippen LogP contribution in [0.1, 0.15) is 36.1 Å². The summed E-state index contributed by atoms with van der Waals surface area (Å²) in [5.41, 5.74) is 1.45. The van der Waals surface area contributed by atoms with Gasteiger partial charge in [0.05, 0.1) is 9.72 Å². The van der Waals surface area contributed by atoms with Crippen molar-refractivity contribution in [2.45, 2.75) is 32.2 Å². The number of hydrogen-bond donors (Lipinski definition) is 1. The Hall–Kier alpha value is -0.280. The number of hydrogen-bond acceptors (Lipinski definition) is 2. The molecule has 0 amide bonds. The van der Waals surface area contributed by atoms with Gasteiger partial charge in [0.25, 0.3) is 0 Å². The molecule has 0 unspecified atom stereocenters. The standard InChI is InChI=1S/C14H15Cl2NS/c1-2-17-7-11-12(8-3-4-8)13-9(15)5-6-10(16)14(13)18-11/h5-6,8,17H,2-4,7H2,1H3. The van der Waals surface area contributed by atoms with E-state index in [1.165, 1.54) is 28.7 Å². The van der Waals surface area contributed by atoms with Gasteiger partial charge in [-0.3, -0.25) is 0 Å². The molecule has 0 atom stereocenters. The Morgan fingerprint density at radius 1 is 1.28 bits per heavy atom. The molecule has 2 aromatic rings. The minimum atomic E-state index is 0.698. The van der Waals surface area contributed by atoms with Crippen LogP contribution in [0.4, 0.5) is 0 Å². The van der Waals surface area contributed by atoms with Gasteiger partial charge in [-0.1, -0.05) is 30.1 Å². The lowest BCUT2D eigenvalue weighted by atomic mass is 10.1. The first-order valence-electron chi connectivity index (χ1n) is 6.32. The summed E-state index contributed by atoms with van der Waals surface area (Å²) in [6, 6.07) is 3.82. The summed E-state index contributed by atoms with van der Waals surface area (Å²) in [6.07, 6.45) is 2.57. The zero-order valence-corrected chi connectivity index (χ0v) is 12.6. The smallest absolute Gasteiger partial charge is 0.0585 e. The van der Waals surface area contributed by atoms with Crippen LogP contribution in [0.15, 0.2) is 12.1 Å². The molecule has 0 bridgehead atoms. The number of thiophene rings is 1. The lowest BCUT2D eigenvalue weighted by Crippen LogP contribution is -2.11. The summed E-state index contributed by atoms with van der Waals surface area (Å²) in [5, 5.41) is 6.28. The highest BCUT2D eigenvalue weighted by atomic mass is 35.5. The van der Waals surface area contributed by atoms with E-state index in [0.29, 0.717) is 5.92 Å². The minimum absolute atomic E-state index is 0.698. The molecule has 0 radical (unpaired) electrons. The lowest BCUT2D eigenvalue weighted by Gasteiger charge is -2.04. The summed E-state index contributed by atoms with van der Waals surface area (Å²) in [7, 11) is 0. The average Bonchev–Trinajstić information content (AvgIpc) is 3.12. The van der Waals surface area contributed by atoms with Crippen LogP contribution >= 0.6 is 34.5 Å². The molecule has 1 aromatic heterocycles. The molecule has 1 nitrogen and oxygen atoms in total. The molecule has 1 N–H and O–H groups in total. The maximum absolute atomic E-state index is 6.38. The van der Waals surface area contributed by atoms with Crippen LogP contribution in [-0.4, -0.2) is 6.54 Å². The molecule has 0 saturated heterocycles. The Morgan fingerprint density at radius 2 is 2.00 bits per heavy atom. The van der Waals surface area contributed by atoms with Crippen LogP contribution in [0.25, 0.3) is 10.1 Å². The molecule has 4 heteroatoms. The second-order valence-electron chi connectivity index (χ2n) is 4.73. The monoisotopic (exact) mass is 299 g/mol. The van der Waals surface area contributed by atoms with E-state index in [1.807, 2.05) is 12.1 Å². The Labute approximate surface area is 121 Å². The quantitative estimate of drug-likeness (QED) is 0.819. The van der Waals surface area contributed by atoms with Crippen LogP contribution < -0.4 is 5.32 Å². The fourth-order valence-electron chi connectivity index (χ4n) is 2.38. The maximum Gasteiger partial charge on any atom is 0.0585 e. The Balaban J connectivity index is 2.19. The van der Waals surface area contributed by atoms with E-state index in [0.717, 1.165) is 27.8 Å². The summed E-state index contributed by atoms with van der Waals surface area (Å²) >= 11 is 14.5. The second-order valence-corrected chi connectivity index (χ2v) is 6.65. The first-order chi connectivity index (χ1) is 8.72. The lowest BCUT2D eigenvalue weighted by molar-refractivity contribution is 0.730. The van der Waals surface area contributed by atoms with E-state index < -0.39 is 0 Å². The van der Waals surface area contributed by atoms with Crippen LogP contribution in [0, 0.1) is 0 Å². The van der Waals surface area contributed by atoms with Crippen molar-refractivity contribution in [2.75, 3.05) is 6.54 Å². The van der Waals surface area contributed by atoms with Gasteiger partial charge < -0.3 is 5.32 Å². The molecule has 3 rings (SSSR count). The van der Waals surface area contributed by atoms with Gasteiger partial charge in [-0.2, -0.15) is 0 Å². The Bertz CT molecular complexity index is 587. The predicted octanol–water partition coefficient (Wildman–Crippen LogP) is 5.20. The van der Waals surface area contributed by atoms with E-state index in [1.54, 1.807) is 11.3 Å². The topological polar surface area (TPSA) is 12.0 Å². The molecular weight excluding hydrogens is 285 g/mol. The Morgan fingerprint density at radius 3 is 2.67 bits per heavy atom. The molecule has 1 fully saturated rings. The maximum atomic E-state index is 6.38. The molecule has 0 spiro atoms. The third-order valence-electron chi connectivity index (χ3n) is 3.37. The largest absolute Gasteiger partial charge is 0.312 e. The fourth-order valence-corrected chi connectivity index (χ4v) is 4.25. The highest BCUT2D eigenvalue weighted by Crippen LogP contribution is 2.50. The number of nitrogens with one attached hydrogen (secondary N) is 1. The van der Waals surface area contributed by atoms with E-state index in [2.05, 4.69) is 12.2 Å². The van der Waals surface area contributed by atoms with Gasteiger partial charge in [0.2, 0.25) is 0 Å². The molecule has 96 valence electrons. The first kappa shape index (κ1) is 12.7. The molecule has 1 heterocycles. The zero-order chi connectivity index (χ0) is 12.7. The van der Waals surface area contributed by atoms with E-state index in [4.69, 9.17) is 23.2 Å². The molecular formula is C14H15Cl2NS. The third kappa shape index (κ3) is 2.16. The highest BCUT2D eigenvalue weighted by Gasteiger charge is 2.30. The van der Waals surface area contributed by atoms with Gasteiger partial charge in [-0.05, 0) is 43.0 Å².